The number of pyridine rings is 1. The number of aromatic nitrogens is 2. The molecule has 0 spiro atoms. The van der Waals surface area contributed by atoms with Crippen molar-refractivity contribution in [2.45, 2.75) is 37.7 Å². The maximum absolute atomic E-state index is 13.6. The maximum atomic E-state index is 13.6. The number of nitrogens with zero attached hydrogens (tertiary/aromatic N) is 3. The van der Waals surface area contributed by atoms with Crippen molar-refractivity contribution in [1.29, 1.82) is 0 Å². The molecule has 0 aliphatic carbocycles. The summed E-state index contributed by atoms with van der Waals surface area (Å²) >= 11 is 0. The summed E-state index contributed by atoms with van der Waals surface area (Å²) in [5, 5.41) is 0.316. The van der Waals surface area contributed by atoms with Gasteiger partial charge in [0.1, 0.15) is 17.0 Å². The highest BCUT2D eigenvalue weighted by atomic mass is 19.4. The molecule has 1 fully saturated rings. The highest BCUT2D eigenvalue weighted by Crippen LogP contribution is 2.38. The summed E-state index contributed by atoms with van der Waals surface area (Å²) in [4.78, 5) is 23.4. The van der Waals surface area contributed by atoms with Crippen LogP contribution in [0.3, 0.4) is 0 Å². The SMILES string of the molecule is COC[C@@H]1C[C@@H](OC)CN1C(=O)c1nc(-c2ccc(OC)c3nc(C(F)(F)F)ccc23)oc1[C@H](C)N. The van der Waals surface area contributed by atoms with E-state index in [9.17, 15) is 18.0 Å². The average molecular weight is 508 g/mol. The van der Waals surface area contributed by atoms with Crippen LogP contribution in [0.5, 0.6) is 5.75 Å². The van der Waals surface area contributed by atoms with Gasteiger partial charge in [-0.2, -0.15) is 13.2 Å². The molecule has 2 N–H and O–H groups in total. The van der Waals surface area contributed by atoms with Gasteiger partial charge in [0.2, 0.25) is 5.89 Å². The van der Waals surface area contributed by atoms with Gasteiger partial charge in [-0.25, -0.2) is 9.97 Å². The molecule has 0 unspecified atom stereocenters. The normalized spacial score (nSPS) is 19.2. The average Bonchev–Trinajstić information content (AvgIpc) is 3.47. The summed E-state index contributed by atoms with van der Waals surface area (Å²) in [5.74, 6) is -0.0454. The number of methoxy groups -OCH3 is 3. The molecular weight excluding hydrogens is 481 g/mol. The highest BCUT2D eigenvalue weighted by Gasteiger charge is 2.39. The first-order chi connectivity index (χ1) is 17.1. The molecule has 0 radical (unpaired) electrons. The van der Waals surface area contributed by atoms with Gasteiger partial charge in [-0.15, -0.1) is 0 Å². The molecule has 0 saturated carbocycles. The number of amides is 1. The van der Waals surface area contributed by atoms with Gasteiger partial charge in [-0.05, 0) is 37.6 Å². The molecule has 36 heavy (non-hydrogen) atoms. The first-order valence-corrected chi connectivity index (χ1v) is 11.2. The number of alkyl halides is 3. The zero-order chi connectivity index (χ0) is 26.2. The molecule has 2 aromatic heterocycles. The van der Waals surface area contributed by atoms with E-state index in [0.29, 0.717) is 30.5 Å². The van der Waals surface area contributed by atoms with Crippen LogP contribution in [0, 0.1) is 0 Å². The van der Waals surface area contributed by atoms with Crippen molar-refractivity contribution in [1.82, 2.24) is 14.9 Å². The Morgan fingerprint density at radius 2 is 1.97 bits per heavy atom. The van der Waals surface area contributed by atoms with E-state index in [2.05, 4.69) is 9.97 Å². The number of likely N-dealkylation sites (tertiary alicyclic amines) is 1. The van der Waals surface area contributed by atoms with Crippen LogP contribution in [0.4, 0.5) is 13.2 Å². The van der Waals surface area contributed by atoms with Crippen LogP contribution in [0.25, 0.3) is 22.4 Å². The van der Waals surface area contributed by atoms with Crippen LogP contribution in [-0.4, -0.2) is 67.4 Å². The molecule has 1 aliphatic rings. The van der Waals surface area contributed by atoms with Gasteiger partial charge in [-0.3, -0.25) is 4.79 Å². The Morgan fingerprint density at radius 3 is 2.58 bits per heavy atom. The van der Waals surface area contributed by atoms with Crippen LogP contribution >= 0.6 is 0 Å². The third kappa shape index (κ3) is 4.75. The van der Waals surface area contributed by atoms with Crippen molar-refractivity contribution in [3.8, 4) is 17.2 Å². The van der Waals surface area contributed by atoms with Gasteiger partial charge in [-0.1, -0.05) is 0 Å². The number of carbonyl (C=O) groups excluding carboxylic acids is 1. The van der Waals surface area contributed by atoms with E-state index < -0.39 is 23.8 Å². The summed E-state index contributed by atoms with van der Waals surface area (Å²) < 4.78 is 61.7. The molecule has 3 heterocycles. The fourth-order valence-corrected chi connectivity index (χ4v) is 4.39. The number of ether oxygens (including phenoxy) is 3. The maximum Gasteiger partial charge on any atom is 0.433 e. The van der Waals surface area contributed by atoms with Gasteiger partial charge in [0, 0.05) is 31.7 Å². The van der Waals surface area contributed by atoms with Crippen molar-refractivity contribution in [3.05, 3.63) is 41.4 Å². The summed E-state index contributed by atoms with van der Waals surface area (Å²) in [6.45, 7) is 2.32. The standard InChI is InChI=1S/C24H27F3N4O5/c1-12(28)21-20(23(32)31-10-14(34-3)9-13(31)11-33-2)30-22(36-21)16-5-7-17(35-4)19-15(16)6-8-18(29-19)24(25,26)27/h5-8,12-14H,9-11,28H2,1-4H3/t12-,13-,14+/m0/s1. The number of oxazole rings is 1. The molecule has 3 atom stereocenters. The second-order valence-corrected chi connectivity index (χ2v) is 8.59. The summed E-state index contributed by atoms with van der Waals surface area (Å²) in [6, 6.07) is 4.31. The molecule has 1 aliphatic heterocycles. The molecule has 0 bridgehead atoms. The third-order valence-electron chi connectivity index (χ3n) is 6.16. The number of carbonyl (C=O) groups is 1. The van der Waals surface area contributed by atoms with Crippen molar-refractivity contribution < 1.29 is 36.6 Å². The molecule has 12 heteroatoms. The lowest BCUT2D eigenvalue weighted by molar-refractivity contribution is -0.140. The molecule has 1 saturated heterocycles. The van der Waals surface area contributed by atoms with Crippen LogP contribution in [0.15, 0.2) is 28.7 Å². The van der Waals surface area contributed by atoms with Crippen LogP contribution in [-0.2, 0) is 15.7 Å². The number of nitrogens with two attached hydrogens (primary N) is 1. The topological polar surface area (TPSA) is 113 Å². The van der Waals surface area contributed by atoms with Gasteiger partial charge in [0.25, 0.3) is 5.91 Å². The van der Waals surface area contributed by atoms with Gasteiger partial charge in [0.05, 0.1) is 31.9 Å². The highest BCUT2D eigenvalue weighted by molar-refractivity contribution is 5.98. The first kappa shape index (κ1) is 25.9. The van der Waals surface area contributed by atoms with Crippen LogP contribution in [0.2, 0.25) is 0 Å². The lowest BCUT2D eigenvalue weighted by atomic mass is 10.1. The van der Waals surface area contributed by atoms with E-state index in [-0.39, 0.29) is 40.8 Å². The number of hydrogen-bond donors (Lipinski definition) is 1. The number of rotatable bonds is 7. The summed E-state index contributed by atoms with van der Waals surface area (Å²) in [5.41, 5.74) is 5.41. The molecule has 4 rings (SSSR count). The number of fused-ring (bicyclic) bond motifs is 1. The van der Waals surface area contributed by atoms with E-state index in [0.717, 1.165) is 6.07 Å². The molecule has 194 valence electrons. The molecular formula is C24H27F3N4O5. The fraction of sp³-hybridized carbons (Fsp3) is 0.458. The number of hydrogen-bond acceptors (Lipinski definition) is 8. The second kappa shape index (κ2) is 10.0. The van der Waals surface area contributed by atoms with E-state index in [1.165, 1.54) is 19.2 Å². The second-order valence-electron chi connectivity index (χ2n) is 8.59. The lowest BCUT2D eigenvalue weighted by Crippen LogP contribution is -2.39. The minimum absolute atomic E-state index is 0.0131. The molecule has 3 aromatic rings. The van der Waals surface area contributed by atoms with Gasteiger partial charge >= 0.3 is 6.18 Å². The largest absolute Gasteiger partial charge is 0.494 e. The summed E-state index contributed by atoms with van der Waals surface area (Å²) in [6.07, 6.45) is -4.18. The fourth-order valence-electron chi connectivity index (χ4n) is 4.39. The Morgan fingerprint density at radius 1 is 1.22 bits per heavy atom. The smallest absolute Gasteiger partial charge is 0.433 e. The van der Waals surface area contributed by atoms with Gasteiger partial charge in [0.15, 0.2) is 11.5 Å². The predicted octanol–water partition coefficient (Wildman–Crippen LogP) is 3.81. The third-order valence-corrected chi connectivity index (χ3v) is 6.16. The molecule has 1 amide bonds. The minimum atomic E-state index is -4.63. The quantitative estimate of drug-likeness (QED) is 0.513. The monoisotopic (exact) mass is 508 g/mol. The number of benzene rings is 1. The van der Waals surface area contributed by atoms with Crippen molar-refractivity contribution in [2.75, 3.05) is 34.5 Å². The summed E-state index contributed by atoms with van der Waals surface area (Å²) in [7, 11) is 4.47. The Labute approximate surface area is 205 Å². The molecule has 1 aromatic carbocycles. The minimum Gasteiger partial charge on any atom is -0.494 e. The predicted molar refractivity (Wildman–Crippen MR) is 124 cm³/mol. The first-order valence-electron chi connectivity index (χ1n) is 11.2. The zero-order valence-corrected chi connectivity index (χ0v) is 20.3. The van der Waals surface area contributed by atoms with Crippen molar-refractivity contribution in [2.24, 2.45) is 5.73 Å². The Hall–Kier alpha value is -3.22. The van der Waals surface area contributed by atoms with Crippen LogP contribution in [0.1, 0.15) is 41.3 Å². The van der Waals surface area contributed by atoms with Crippen molar-refractivity contribution in [3.63, 3.8) is 0 Å². The number of halogens is 3. The van der Waals surface area contributed by atoms with Gasteiger partial charge < -0.3 is 29.3 Å². The van der Waals surface area contributed by atoms with E-state index in [1.54, 1.807) is 32.1 Å². The Balaban J connectivity index is 1.81. The zero-order valence-electron chi connectivity index (χ0n) is 20.3. The van der Waals surface area contributed by atoms with Crippen LogP contribution < -0.4 is 10.5 Å². The van der Waals surface area contributed by atoms with E-state index >= 15 is 0 Å². The van der Waals surface area contributed by atoms with E-state index in [4.69, 9.17) is 24.4 Å². The van der Waals surface area contributed by atoms with E-state index in [1.807, 2.05) is 0 Å². The lowest BCUT2D eigenvalue weighted by Gasteiger charge is -2.23. The Bertz CT molecular complexity index is 1260. The van der Waals surface area contributed by atoms with Crippen molar-refractivity contribution >= 4 is 16.8 Å². The molecule has 9 nitrogen and oxygen atoms in total. The Kier molecular flexibility index (Phi) is 7.21.